The van der Waals surface area contributed by atoms with Crippen LogP contribution in [0.2, 0.25) is 0 Å². The average Bonchev–Trinajstić information content (AvgIpc) is 2.92. The fourth-order valence-corrected chi connectivity index (χ4v) is 2.51. The number of fused-ring (bicyclic) bond motifs is 1. The first kappa shape index (κ1) is 12.7. The Kier molecular flexibility index (Phi) is 2.97. The van der Waals surface area contributed by atoms with Crippen LogP contribution in [0.5, 0.6) is 0 Å². The van der Waals surface area contributed by atoms with Gasteiger partial charge < -0.3 is 10.3 Å². The lowest BCUT2D eigenvalue weighted by Gasteiger charge is -2.07. The molecule has 0 aliphatic rings. The number of nitrogen functional groups attached to an aromatic ring is 1. The number of benzene rings is 1. The molecule has 0 aliphatic heterocycles. The van der Waals surface area contributed by atoms with Gasteiger partial charge in [0.25, 0.3) is 0 Å². The summed E-state index contributed by atoms with van der Waals surface area (Å²) in [5.74, 6) is 1.55. The van der Waals surface area contributed by atoms with Gasteiger partial charge in [-0.2, -0.15) is 5.10 Å². The molecule has 0 atom stereocenters. The van der Waals surface area contributed by atoms with Crippen LogP contribution in [0.3, 0.4) is 0 Å². The molecule has 0 amide bonds. The molecule has 5 nitrogen and oxygen atoms in total. The van der Waals surface area contributed by atoms with E-state index < -0.39 is 0 Å². The predicted octanol–water partition coefficient (Wildman–Crippen LogP) is 2.74. The van der Waals surface area contributed by atoms with E-state index in [4.69, 9.17) is 10.7 Å². The molecule has 5 heteroatoms. The highest BCUT2D eigenvalue weighted by Crippen LogP contribution is 2.29. The Labute approximate surface area is 118 Å². The quantitative estimate of drug-likeness (QED) is 0.795. The molecule has 20 heavy (non-hydrogen) atoms. The lowest BCUT2D eigenvalue weighted by molar-refractivity contribution is 0.704. The van der Waals surface area contributed by atoms with E-state index in [0.717, 1.165) is 35.4 Å². The van der Waals surface area contributed by atoms with Crippen molar-refractivity contribution in [2.24, 2.45) is 7.05 Å². The summed E-state index contributed by atoms with van der Waals surface area (Å²) < 4.78 is 3.90. The lowest BCUT2D eigenvalue weighted by atomic mass is 10.2. The van der Waals surface area contributed by atoms with Gasteiger partial charge in [0.1, 0.15) is 11.6 Å². The molecular formula is C15H19N5. The van der Waals surface area contributed by atoms with Crippen molar-refractivity contribution in [3.63, 3.8) is 0 Å². The van der Waals surface area contributed by atoms with Crippen molar-refractivity contribution in [2.75, 3.05) is 5.73 Å². The minimum absolute atomic E-state index is 0.648. The minimum Gasteiger partial charge on any atom is -0.383 e. The molecule has 1 aromatic carbocycles. The summed E-state index contributed by atoms with van der Waals surface area (Å²) in [4.78, 5) is 4.77. The number of aromatic nitrogens is 4. The summed E-state index contributed by atoms with van der Waals surface area (Å²) in [6, 6.07) is 6.35. The highest BCUT2D eigenvalue weighted by atomic mass is 15.3. The zero-order chi connectivity index (χ0) is 14.3. The van der Waals surface area contributed by atoms with Crippen LogP contribution in [0, 0.1) is 6.92 Å². The second kappa shape index (κ2) is 4.67. The van der Waals surface area contributed by atoms with E-state index >= 15 is 0 Å². The third kappa shape index (κ3) is 1.86. The van der Waals surface area contributed by atoms with Crippen molar-refractivity contribution in [2.45, 2.75) is 26.8 Å². The van der Waals surface area contributed by atoms with Crippen molar-refractivity contribution >= 4 is 16.9 Å². The number of anilines is 1. The Morgan fingerprint density at radius 2 is 2.10 bits per heavy atom. The van der Waals surface area contributed by atoms with Crippen LogP contribution in [0.4, 0.5) is 5.82 Å². The van der Waals surface area contributed by atoms with Gasteiger partial charge in [-0.05, 0) is 31.0 Å². The zero-order valence-electron chi connectivity index (χ0n) is 12.1. The Hall–Kier alpha value is -2.30. The standard InChI is InChI=1S/C15H19N5/c1-4-7-20-13-6-5-10(2)8-12(13)18-15(20)11-9-17-19(3)14(11)16/h5-6,8-9H,4,7,16H2,1-3H3. The molecule has 3 aromatic rings. The second-order valence-electron chi connectivity index (χ2n) is 5.15. The number of rotatable bonds is 3. The maximum absolute atomic E-state index is 6.10. The van der Waals surface area contributed by atoms with Crippen LogP contribution in [0.15, 0.2) is 24.4 Å². The molecule has 0 fully saturated rings. The summed E-state index contributed by atoms with van der Waals surface area (Å²) in [5, 5.41) is 4.22. The van der Waals surface area contributed by atoms with Crippen LogP contribution in [0.1, 0.15) is 18.9 Å². The first-order chi connectivity index (χ1) is 9.61. The van der Waals surface area contributed by atoms with Crippen LogP contribution in [-0.2, 0) is 13.6 Å². The third-order valence-corrected chi connectivity index (χ3v) is 3.58. The molecule has 104 valence electrons. The monoisotopic (exact) mass is 269 g/mol. The Morgan fingerprint density at radius 1 is 1.30 bits per heavy atom. The van der Waals surface area contributed by atoms with Gasteiger partial charge in [-0.3, -0.25) is 4.68 Å². The van der Waals surface area contributed by atoms with Gasteiger partial charge in [0.2, 0.25) is 0 Å². The first-order valence-electron chi connectivity index (χ1n) is 6.86. The number of nitrogens with two attached hydrogens (primary N) is 1. The zero-order valence-corrected chi connectivity index (χ0v) is 12.1. The number of hydrogen-bond acceptors (Lipinski definition) is 3. The summed E-state index contributed by atoms with van der Waals surface area (Å²) in [6.45, 7) is 5.16. The van der Waals surface area contributed by atoms with E-state index in [2.05, 4.69) is 41.7 Å². The maximum Gasteiger partial charge on any atom is 0.146 e. The van der Waals surface area contributed by atoms with Gasteiger partial charge in [-0.1, -0.05) is 13.0 Å². The van der Waals surface area contributed by atoms with Gasteiger partial charge in [-0.25, -0.2) is 4.98 Å². The summed E-state index contributed by atoms with van der Waals surface area (Å²) in [5.41, 5.74) is 10.4. The topological polar surface area (TPSA) is 61.7 Å². The van der Waals surface area contributed by atoms with E-state index in [9.17, 15) is 0 Å². The second-order valence-corrected chi connectivity index (χ2v) is 5.15. The van der Waals surface area contributed by atoms with Crippen molar-refractivity contribution in [3.8, 4) is 11.4 Å². The van der Waals surface area contributed by atoms with Crippen molar-refractivity contribution in [3.05, 3.63) is 30.0 Å². The maximum atomic E-state index is 6.10. The van der Waals surface area contributed by atoms with Gasteiger partial charge in [0, 0.05) is 13.6 Å². The van der Waals surface area contributed by atoms with E-state index in [1.54, 1.807) is 10.9 Å². The SMILES string of the molecule is CCCn1c(-c2cnn(C)c2N)nc2cc(C)ccc21. The summed E-state index contributed by atoms with van der Waals surface area (Å²) >= 11 is 0. The Balaban J connectivity index is 2.28. The van der Waals surface area contributed by atoms with Crippen LogP contribution < -0.4 is 5.73 Å². The van der Waals surface area contributed by atoms with Crippen molar-refractivity contribution in [1.82, 2.24) is 19.3 Å². The molecule has 2 heterocycles. The summed E-state index contributed by atoms with van der Waals surface area (Å²) in [6.07, 6.45) is 2.84. The molecule has 0 saturated heterocycles. The molecule has 2 N–H and O–H groups in total. The van der Waals surface area contributed by atoms with Crippen LogP contribution in [-0.4, -0.2) is 19.3 Å². The molecule has 0 unspecified atom stereocenters. The Bertz CT molecular complexity index is 766. The highest BCUT2D eigenvalue weighted by molar-refractivity contribution is 5.83. The minimum atomic E-state index is 0.648. The molecule has 0 spiro atoms. The molecule has 3 rings (SSSR count). The number of aryl methyl sites for hydroxylation is 3. The molecule has 2 aromatic heterocycles. The van der Waals surface area contributed by atoms with Crippen LogP contribution in [0.25, 0.3) is 22.4 Å². The average molecular weight is 269 g/mol. The van der Waals surface area contributed by atoms with E-state index in [1.807, 2.05) is 7.05 Å². The van der Waals surface area contributed by atoms with Gasteiger partial charge in [0.15, 0.2) is 0 Å². The predicted molar refractivity (Wildman–Crippen MR) is 81.4 cm³/mol. The van der Waals surface area contributed by atoms with Gasteiger partial charge >= 0.3 is 0 Å². The number of nitrogens with zero attached hydrogens (tertiary/aromatic N) is 4. The molecule has 0 bridgehead atoms. The van der Waals surface area contributed by atoms with E-state index in [0.29, 0.717) is 5.82 Å². The molecule has 0 aliphatic carbocycles. The fraction of sp³-hybridized carbons (Fsp3) is 0.333. The number of imidazole rings is 1. The molecular weight excluding hydrogens is 250 g/mol. The van der Waals surface area contributed by atoms with Crippen molar-refractivity contribution in [1.29, 1.82) is 0 Å². The normalized spacial score (nSPS) is 11.3. The largest absolute Gasteiger partial charge is 0.383 e. The number of hydrogen-bond donors (Lipinski definition) is 1. The van der Waals surface area contributed by atoms with E-state index in [-0.39, 0.29) is 0 Å². The van der Waals surface area contributed by atoms with Crippen LogP contribution >= 0.6 is 0 Å². The molecule has 0 radical (unpaired) electrons. The third-order valence-electron chi connectivity index (χ3n) is 3.58. The summed E-state index contributed by atoms with van der Waals surface area (Å²) in [7, 11) is 1.84. The smallest absolute Gasteiger partial charge is 0.146 e. The molecule has 0 saturated carbocycles. The van der Waals surface area contributed by atoms with E-state index in [1.165, 1.54) is 5.56 Å². The lowest BCUT2D eigenvalue weighted by Crippen LogP contribution is -2.02. The Morgan fingerprint density at radius 3 is 2.75 bits per heavy atom. The fourth-order valence-electron chi connectivity index (χ4n) is 2.51. The highest BCUT2D eigenvalue weighted by Gasteiger charge is 2.16. The first-order valence-corrected chi connectivity index (χ1v) is 6.86. The van der Waals surface area contributed by atoms with Crippen molar-refractivity contribution < 1.29 is 0 Å². The van der Waals surface area contributed by atoms with Gasteiger partial charge in [-0.15, -0.1) is 0 Å². The van der Waals surface area contributed by atoms with Gasteiger partial charge in [0.05, 0.1) is 22.8 Å².